The summed E-state index contributed by atoms with van der Waals surface area (Å²) in [6.45, 7) is 0.446. The van der Waals surface area contributed by atoms with E-state index in [0.717, 1.165) is 0 Å². The van der Waals surface area contributed by atoms with Crippen LogP contribution < -0.4 is 0 Å². The first-order valence-corrected chi connectivity index (χ1v) is 7.44. The van der Waals surface area contributed by atoms with Gasteiger partial charge in [0.25, 0.3) is 0 Å². The normalized spacial score (nSPS) is 10.4. The van der Waals surface area contributed by atoms with E-state index in [0.29, 0.717) is 11.1 Å². The van der Waals surface area contributed by atoms with E-state index >= 15 is 0 Å². The molecule has 0 aliphatic rings. The summed E-state index contributed by atoms with van der Waals surface area (Å²) in [7, 11) is 0. The molecular weight excluding hydrogens is 312 g/mol. The Morgan fingerprint density at radius 1 is 0.792 bits per heavy atom. The van der Waals surface area contributed by atoms with Crippen molar-refractivity contribution < 1.29 is 29.2 Å². The number of esters is 1. The van der Waals surface area contributed by atoms with E-state index in [1.165, 1.54) is 0 Å². The van der Waals surface area contributed by atoms with Crippen LogP contribution >= 0.6 is 0 Å². The minimum Gasteiger partial charge on any atom is -0.460 e. The van der Waals surface area contributed by atoms with Gasteiger partial charge in [-0.15, -0.1) is 0 Å². The summed E-state index contributed by atoms with van der Waals surface area (Å²) in [5, 5.41) is 8.14. The largest absolute Gasteiger partial charge is 0.460 e. The molecule has 0 saturated heterocycles. The molecular formula is C18H18O6. The molecule has 0 radical (unpaired) electrons. The monoisotopic (exact) mass is 330 g/mol. The van der Waals surface area contributed by atoms with Crippen molar-refractivity contribution in [3.05, 3.63) is 71.3 Å². The zero-order valence-corrected chi connectivity index (χ0v) is 13.0. The molecule has 0 spiro atoms. The third kappa shape index (κ3) is 4.99. The van der Waals surface area contributed by atoms with Crippen LogP contribution in [0.3, 0.4) is 0 Å². The summed E-state index contributed by atoms with van der Waals surface area (Å²) in [6, 6.07) is 15.3. The lowest BCUT2D eigenvalue weighted by Gasteiger charge is -2.09. The SMILES string of the molecule is O=C(OCCOCCOO)c1ccccc1C(=O)c1ccccc1. The molecule has 6 nitrogen and oxygen atoms in total. The van der Waals surface area contributed by atoms with Crippen LogP contribution in [0.2, 0.25) is 0 Å². The van der Waals surface area contributed by atoms with Gasteiger partial charge in [-0.25, -0.2) is 9.68 Å². The molecule has 0 aromatic heterocycles. The van der Waals surface area contributed by atoms with E-state index in [-0.39, 0.29) is 37.8 Å². The number of hydrogen-bond acceptors (Lipinski definition) is 6. The van der Waals surface area contributed by atoms with Gasteiger partial charge in [0.15, 0.2) is 5.78 Å². The lowest BCUT2D eigenvalue weighted by Crippen LogP contribution is -2.16. The highest BCUT2D eigenvalue weighted by molar-refractivity contribution is 6.14. The van der Waals surface area contributed by atoms with E-state index in [1.54, 1.807) is 48.5 Å². The molecule has 0 bridgehead atoms. The van der Waals surface area contributed by atoms with Gasteiger partial charge < -0.3 is 9.47 Å². The molecule has 2 aromatic carbocycles. The Kier molecular flexibility index (Phi) is 7.10. The summed E-state index contributed by atoms with van der Waals surface area (Å²) in [6.07, 6.45) is 0. The van der Waals surface area contributed by atoms with Crippen LogP contribution in [0.25, 0.3) is 0 Å². The second kappa shape index (κ2) is 9.57. The van der Waals surface area contributed by atoms with Crippen molar-refractivity contribution >= 4 is 11.8 Å². The van der Waals surface area contributed by atoms with Crippen LogP contribution in [0.15, 0.2) is 54.6 Å². The van der Waals surface area contributed by atoms with Crippen molar-refractivity contribution in [2.24, 2.45) is 0 Å². The predicted molar refractivity (Wildman–Crippen MR) is 86.0 cm³/mol. The summed E-state index contributed by atoms with van der Waals surface area (Å²) < 4.78 is 10.2. The molecule has 0 heterocycles. The van der Waals surface area contributed by atoms with Gasteiger partial charge in [-0.1, -0.05) is 48.5 Å². The van der Waals surface area contributed by atoms with Crippen LogP contribution in [-0.2, 0) is 14.4 Å². The second-order valence-corrected chi connectivity index (χ2v) is 4.82. The Morgan fingerprint density at radius 3 is 2.12 bits per heavy atom. The van der Waals surface area contributed by atoms with Crippen LogP contribution in [0.4, 0.5) is 0 Å². The van der Waals surface area contributed by atoms with Crippen molar-refractivity contribution in [1.82, 2.24) is 0 Å². The molecule has 0 atom stereocenters. The van der Waals surface area contributed by atoms with Crippen molar-refractivity contribution in [3.63, 3.8) is 0 Å². The van der Waals surface area contributed by atoms with E-state index in [9.17, 15) is 9.59 Å². The van der Waals surface area contributed by atoms with E-state index in [4.69, 9.17) is 14.7 Å². The van der Waals surface area contributed by atoms with Crippen LogP contribution in [-0.4, -0.2) is 43.4 Å². The number of carbonyl (C=O) groups excluding carboxylic acids is 2. The number of ketones is 1. The maximum Gasteiger partial charge on any atom is 0.338 e. The highest BCUT2D eigenvalue weighted by atomic mass is 17.1. The highest BCUT2D eigenvalue weighted by Crippen LogP contribution is 2.15. The average molecular weight is 330 g/mol. The first-order chi connectivity index (χ1) is 11.7. The van der Waals surface area contributed by atoms with Gasteiger partial charge in [-0.2, -0.15) is 0 Å². The summed E-state index contributed by atoms with van der Waals surface area (Å²) >= 11 is 0. The third-order valence-electron chi connectivity index (χ3n) is 3.21. The summed E-state index contributed by atoms with van der Waals surface area (Å²) in [4.78, 5) is 28.6. The quantitative estimate of drug-likeness (QED) is 0.250. The smallest absolute Gasteiger partial charge is 0.338 e. The average Bonchev–Trinajstić information content (AvgIpc) is 2.64. The topological polar surface area (TPSA) is 82.1 Å². The van der Waals surface area contributed by atoms with E-state index < -0.39 is 5.97 Å². The van der Waals surface area contributed by atoms with Gasteiger partial charge in [-0.3, -0.25) is 10.1 Å². The first-order valence-electron chi connectivity index (χ1n) is 7.44. The Bertz CT molecular complexity index is 668. The Morgan fingerprint density at radius 2 is 1.42 bits per heavy atom. The number of hydrogen-bond donors (Lipinski definition) is 1. The Hall–Kier alpha value is -2.54. The highest BCUT2D eigenvalue weighted by Gasteiger charge is 2.18. The van der Waals surface area contributed by atoms with Gasteiger partial charge in [0.05, 0.1) is 18.8 Å². The molecule has 0 amide bonds. The second-order valence-electron chi connectivity index (χ2n) is 4.82. The van der Waals surface area contributed by atoms with Crippen molar-refractivity contribution in [2.45, 2.75) is 0 Å². The summed E-state index contributed by atoms with van der Waals surface area (Å²) in [5.74, 6) is -0.823. The zero-order chi connectivity index (χ0) is 17.2. The van der Waals surface area contributed by atoms with Crippen LogP contribution in [0.5, 0.6) is 0 Å². The van der Waals surface area contributed by atoms with Crippen LogP contribution in [0, 0.1) is 0 Å². The Balaban J connectivity index is 2.00. The van der Waals surface area contributed by atoms with E-state index in [2.05, 4.69) is 4.89 Å². The number of carbonyl (C=O) groups is 2. The fourth-order valence-corrected chi connectivity index (χ4v) is 2.07. The molecule has 0 aliphatic heterocycles. The summed E-state index contributed by atoms with van der Waals surface area (Å²) in [5.41, 5.74) is 1.01. The van der Waals surface area contributed by atoms with Crippen molar-refractivity contribution in [1.29, 1.82) is 0 Å². The number of ether oxygens (including phenoxy) is 2. The molecule has 126 valence electrons. The number of rotatable bonds is 9. The minimum absolute atomic E-state index is 0.0398. The molecule has 1 N–H and O–H groups in total. The van der Waals surface area contributed by atoms with Crippen molar-refractivity contribution in [3.8, 4) is 0 Å². The molecule has 6 heteroatoms. The molecule has 0 unspecified atom stereocenters. The molecule has 0 fully saturated rings. The zero-order valence-electron chi connectivity index (χ0n) is 13.0. The maximum atomic E-state index is 12.5. The first kappa shape index (κ1) is 17.8. The van der Waals surface area contributed by atoms with Gasteiger partial charge >= 0.3 is 5.97 Å². The standard InChI is InChI=1S/C18H18O6/c19-17(14-6-2-1-3-7-14)15-8-4-5-9-16(15)18(20)23-12-10-22-11-13-24-21/h1-9,21H,10-13H2. The van der Waals surface area contributed by atoms with E-state index in [1.807, 2.05) is 6.07 Å². The lowest BCUT2D eigenvalue weighted by atomic mass is 9.98. The molecule has 2 aromatic rings. The van der Waals surface area contributed by atoms with Gasteiger partial charge in [-0.05, 0) is 6.07 Å². The minimum atomic E-state index is -0.586. The van der Waals surface area contributed by atoms with Gasteiger partial charge in [0, 0.05) is 11.1 Å². The molecule has 2 rings (SSSR count). The van der Waals surface area contributed by atoms with Crippen LogP contribution in [0.1, 0.15) is 26.3 Å². The third-order valence-corrected chi connectivity index (χ3v) is 3.21. The fraction of sp³-hybridized carbons (Fsp3) is 0.222. The van der Waals surface area contributed by atoms with Gasteiger partial charge in [0.1, 0.15) is 13.2 Å². The van der Waals surface area contributed by atoms with Crippen molar-refractivity contribution in [2.75, 3.05) is 26.4 Å². The van der Waals surface area contributed by atoms with Gasteiger partial charge in [0.2, 0.25) is 0 Å². The fourth-order valence-electron chi connectivity index (χ4n) is 2.07. The Labute approximate surface area is 139 Å². The maximum absolute atomic E-state index is 12.5. The molecule has 0 saturated carbocycles. The molecule has 0 aliphatic carbocycles. The number of benzene rings is 2. The predicted octanol–water partition coefficient (Wildman–Crippen LogP) is 2.58. The lowest BCUT2D eigenvalue weighted by molar-refractivity contribution is -0.249. The molecule has 24 heavy (non-hydrogen) atoms.